The maximum absolute atomic E-state index is 9.60. The first kappa shape index (κ1) is 25.0. The summed E-state index contributed by atoms with van der Waals surface area (Å²) in [5.41, 5.74) is 7.50. The molecule has 0 unspecified atom stereocenters. The fourth-order valence-electron chi connectivity index (χ4n) is 4.37. The SMILES string of the molecule is COc1ccc(C(=C(c2ccccc2)c2ccccc2C(C)=C(C#N)C#N)c2ccc(OC)cc2)cc1. The summed E-state index contributed by atoms with van der Waals surface area (Å²) in [5, 5.41) is 19.2. The molecular weight excluding hydrogens is 456 g/mol. The van der Waals surface area contributed by atoms with Crippen molar-refractivity contribution in [2.45, 2.75) is 6.92 Å². The molecule has 4 nitrogen and oxygen atoms in total. The summed E-state index contributed by atoms with van der Waals surface area (Å²) in [6.45, 7) is 1.82. The molecule has 4 aromatic carbocycles. The van der Waals surface area contributed by atoms with Crippen LogP contribution in [0, 0.1) is 22.7 Å². The van der Waals surface area contributed by atoms with Crippen molar-refractivity contribution in [3.05, 3.63) is 137 Å². The number of hydrogen-bond donors (Lipinski definition) is 0. The number of rotatable bonds is 7. The first-order chi connectivity index (χ1) is 18.1. The number of nitriles is 2. The first-order valence-corrected chi connectivity index (χ1v) is 11.8. The fraction of sp³-hybridized carbons (Fsp3) is 0.0909. The molecule has 0 bridgehead atoms. The average molecular weight is 483 g/mol. The molecule has 4 aromatic rings. The summed E-state index contributed by atoms with van der Waals surface area (Å²) < 4.78 is 10.8. The Bertz CT molecular complexity index is 1470. The Morgan fingerprint density at radius 2 is 0.973 bits per heavy atom. The van der Waals surface area contributed by atoms with Crippen LogP contribution in [0.5, 0.6) is 11.5 Å². The second-order valence-electron chi connectivity index (χ2n) is 8.34. The van der Waals surface area contributed by atoms with Crippen LogP contribution in [-0.2, 0) is 0 Å². The van der Waals surface area contributed by atoms with Crippen LogP contribution in [0.1, 0.15) is 34.7 Å². The highest BCUT2D eigenvalue weighted by molar-refractivity contribution is 6.06. The minimum Gasteiger partial charge on any atom is -0.497 e. The zero-order chi connectivity index (χ0) is 26.2. The molecule has 4 rings (SSSR count). The summed E-state index contributed by atoms with van der Waals surface area (Å²) in [6.07, 6.45) is 0. The molecule has 0 amide bonds. The lowest BCUT2D eigenvalue weighted by Gasteiger charge is -2.21. The van der Waals surface area contributed by atoms with Gasteiger partial charge in [-0.15, -0.1) is 0 Å². The van der Waals surface area contributed by atoms with E-state index in [1.807, 2.05) is 110 Å². The van der Waals surface area contributed by atoms with E-state index < -0.39 is 0 Å². The van der Waals surface area contributed by atoms with Crippen molar-refractivity contribution in [3.8, 4) is 23.6 Å². The molecule has 0 aliphatic carbocycles. The molecule has 0 spiro atoms. The van der Waals surface area contributed by atoms with E-state index >= 15 is 0 Å². The van der Waals surface area contributed by atoms with Gasteiger partial charge in [-0.3, -0.25) is 0 Å². The predicted molar refractivity (Wildman–Crippen MR) is 148 cm³/mol. The summed E-state index contributed by atoms with van der Waals surface area (Å²) in [7, 11) is 3.30. The largest absolute Gasteiger partial charge is 0.497 e. The molecule has 0 radical (unpaired) electrons. The van der Waals surface area contributed by atoms with Crippen molar-refractivity contribution < 1.29 is 9.47 Å². The van der Waals surface area contributed by atoms with Gasteiger partial charge in [0.25, 0.3) is 0 Å². The van der Waals surface area contributed by atoms with Crippen LogP contribution in [0.15, 0.2) is 109 Å². The Labute approximate surface area is 218 Å². The van der Waals surface area contributed by atoms with Gasteiger partial charge < -0.3 is 9.47 Å². The van der Waals surface area contributed by atoms with E-state index in [1.54, 1.807) is 14.2 Å². The molecule has 37 heavy (non-hydrogen) atoms. The monoisotopic (exact) mass is 482 g/mol. The van der Waals surface area contributed by atoms with Crippen LogP contribution in [0.4, 0.5) is 0 Å². The second kappa shape index (κ2) is 11.6. The summed E-state index contributed by atoms with van der Waals surface area (Å²) in [6, 6.07) is 38.1. The van der Waals surface area contributed by atoms with Gasteiger partial charge in [-0.25, -0.2) is 0 Å². The number of allylic oxidation sites excluding steroid dienone is 2. The third-order valence-electron chi connectivity index (χ3n) is 6.27. The van der Waals surface area contributed by atoms with E-state index in [0.29, 0.717) is 5.57 Å². The molecule has 0 aromatic heterocycles. The van der Waals surface area contributed by atoms with Gasteiger partial charge in [-0.1, -0.05) is 78.9 Å². The zero-order valence-corrected chi connectivity index (χ0v) is 21.0. The van der Waals surface area contributed by atoms with Gasteiger partial charge in [0.15, 0.2) is 0 Å². The summed E-state index contributed by atoms with van der Waals surface area (Å²) >= 11 is 0. The quantitative estimate of drug-likeness (QED) is 0.202. The van der Waals surface area contributed by atoms with Gasteiger partial charge in [-0.05, 0) is 75.7 Å². The van der Waals surface area contributed by atoms with Crippen molar-refractivity contribution >= 4 is 16.7 Å². The van der Waals surface area contributed by atoms with Crippen LogP contribution in [-0.4, -0.2) is 14.2 Å². The van der Waals surface area contributed by atoms with Crippen molar-refractivity contribution in [1.82, 2.24) is 0 Å². The number of benzene rings is 4. The topological polar surface area (TPSA) is 66.0 Å². The normalized spacial score (nSPS) is 9.97. The lowest BCUT2D eigenvalue weighted by atomic mass is 9.82. The van der Waals surface area contributed by atoms with Gasteiger partial charge in [0.2, 0.25) is 0 Å². The molecule has 0 saturated heterocycles. The van der Waals surface area contributed by atoms with E-state index in [9.17, 15) is 10.5 Å². The van der Waals surface area contributed by atoms with Crippen LogP contribution in [0.2, 0.25) is 0 Å². The zero-order valence-electron chi connectivity index (χ0n) is 21.0. The molecule has 0 aliphatic rings. The highest BCUT2D eigenvalue weighted by Gasteiger charge is 2.20. The van der Waals surface area contributed by atoms with E-state index in [0.717, 1.165) is 50.5 Å². The highest BCUT2D eigenvalue weighted by Crippen LogP contribution is 2.40. The lowest BCUT2D eigenvalue weighted by molar-refractivity contribution is 0.414. The van der Waals surface area contributed by atoms with Crippen LogP contribution >= 0.6 is 0 Å². The summed E-state index contributed by atoms with van der Waals surface area (Å²) in [5.74, 6) is 1.54. The predicted octanol–water partition coefficient (Wildman–Crippen LogP) is 7.53. The standard InChI is InChI=1S/C33H26N2O2/c1-23(27(21-34)22-35)30-11-7-8-12-31(30)33(24-9-5-4-6-10-24)32(25-13-17-28(36-2)18-14-25)26-15-19-29(37-3)20-16-26/h4-20H,1-3H3. The van der Waals surface area contributed by atoms with E-state index in [4.69, 9.17) is 9.47 Å². The average Bonchev–Trinajstić information content (AvgIpc) is 2.97. The van der Waals surface area contributed by atoms with Gasteiger partial charge in [0.05, 0.1) is 14.2 Å². The molecule has 0 N–H and O–H groups in total. The van der Waals surface area contributed by atoms with E-state index in [2.05, 4.69) is 12.1 Å². The molecule has 180 valence electrons. The number of nitrogens with zero attached hydrogens (tertiary/aromatic N) is 2. The third kappa shape index (κ3) is 5.30. The Kier molecular flexibility index (Phi) is 7.84. The van der Waals surface area contributed by atoms with Crippen LogP contribution in [0.3, 0.4) is 0 Å². The Morgan fingerprint density at radius 1 is 0.541 bits per heavy atom. The smallest absolute Gasteiger partial charge is 0.133 e. The molecular formula is C33H26N2O2. The van der Waals surface area contributed by atoms with Crippen LogP contribution < -0.4 is 9.47 Å². The molecule has 0 aliphatic heterocycles. The van der Waals surface area contributed by atoms with Gasteiger partial charge in [-0.2, -0.15) is 10.5 Å². The Morgan fingerprint density at radius 3 is 1.43 bits per heavy atom. The van der Waals surface area contributed by atoms with Gasteiger partial charge in [0, 0.05) is 0 Å². The Hall–Kier alpha value is -5.06. The van der Waals surface area contributed by atoms with E-state index in [1.165, 1.54) is 0 Å². The van der Waals surface area contributed by atoms with Crippen molar-refractivity contribution in [3.63, 3.8) is 0 Å². The highest BCUT2D eigenvalue weighted by atomic mass is 16.5. The first-order valence-electron chi connectivity index (χ1n) is 11.8. The molecule has 0 heterocycles. The number of ether oxygens (including phenoxy) is 2. The minimum absolute atomic E-state index is 0.0929. The maximum atomic E-state index is 9.60. The minimum atomic E-state index is 0.0929. The lowest BCUT2D eigenvalue weighted by Crippen LogP contribution is -2.01. The number of hydrogen-bond acceptors (Lipinski definition) is 4. The molecule has 0 atom stereocenters. The second-order valence-corrected chi connectivity index (χ2v) is 8.34. The van der Waals surface area contributed by atoms with Crippen molar-refractivity contribution in [1.29, 1.82) is 10.5 Å². The van der Waals surface area contributed by atoms with Gasteiger partial charge >= 0.3 is 0 Å². The van der Waals surface area contributed by atoms with Crippen LogP contribution in [0.25, 0.3) is 16.7 Å². The van der Waals surface area contributed by atoms with Gasteiger partial charge in [0.1, 0.15) is 29.2 Å². The van der Waals surface area contributed by atoms with Crippen molar-refractivity contribution in [2.24, 2.45) is 0 Å². The summed E-state index contributed by atoms with van der Waals surface area (Å²) in [4.78, 5) is 0. The van der Waals surface area contributed by atoms with E-state index in [-0.39, 0.29) is 5.57 Å². The molecule has 4 heteroatoms. The third-order valence-corrected chi connectivity index (χ3v) is 6.27. The fourth-order valence-corrected chi connectivity index (χ4v) is 4.37. The maximum Gasteiger partial charge on any atom is 0.133 e. The number of methoxy groups -OCH3 is 2. The molecule has 0 fully saturated rings. The molecule has 0 saturated carbocycles. The van der Waals surface area contributed by atoms with Crippen molar-refractivity contribution in [2.75, 3.05) is 14.2 Å². The Balaban J connectivity index is 2.16.